The molecule has 0 atom stereocenters. The number of pyridine rings is 1. The monoisotopic (exact) mass is 391 g/mol. The molecule has 0 spiro atoms. The van der Waals surface area contributed by atoms with Gasteiger partial charge < -0.3 is 4.90 Å². The van der Waals surface area contributed by atoms with E-state index in [9.17, 15) is 0 Å². The molecule has 5 rings (SSSR count). The maximum atomic E-state index is 5.10. The number of hydrogen-bond donors (Lipinski definition) is 0. The van der Waals surface area contributed by atoms with Crippen LogP contribution in [0, 0.1) is 0 Å². The van der Waals surface area contributed by atoms with Gasteiger partial charge in [0.25, 0.3) is 0 Å². The summed E-state index contributed by atoms with van der Waals surface area (Å²) in [6, 6.07) is 27.9. The second kappa shape index (κ2) is 8.50. The number of hydrogen-bond acceptors (Lipinski definition) is 2. The fourth-order valence-corrected chi connectivity index (χ4v) is 4.26. The minimum atomic E-state index is 0.836. The van der Waals surface area contributed by atoms with E-state index >= 15 is 0 Å². The van der Waals surface area contributed by atoms with Crippen molar-refractivity contribution in [2.24, 2.45) is 4.99 Å². The molecule has 3 heteroatoms. The predicted molar refractivity (Wildman–Crippen MR) is 125 cm³/mol. The second-order valence-corrected chi connectivity index (χ2v) is 7.78. The molecule has 0 N–H and O–H groups in total. The van der Waals surface area contributed by atoms with Crippen LogP contribution in [0.3, 0.4) is 0 Å². The molecule has 0 fully saturated rings. The molecule has 0 radical (unpaired) electrons. The average Bonchev–Trinajstić information content (AvgIpc) is 3.10. The Morgan fingerprint density at radius 1 is 0.767 bits per heavy atom. The van der Waals surface area contributed by atoms with Gasteiger partial charge in [0.05, 0.1) is 5.69 Å². The van der Waals surface area contributed by atoms with E-state index < -0.39 is 0 Å². The first-order valence-electron chi connectivity index (χ1n) is 10.7. The third-order valence-corrected chi connectivity index (χ3v) is 5.71. The maximum absolute atomic E-state index is 5.10. The normalized spacial score (nSPS) is 14.0. The van der Waals surface area contributed by atoms with Gasteiger partial charge in [-0.25, -0.2) is 0 Å². The number of aliphatic imine (C=N–C) groups is 1. The molecule has 30 heavy (non-hydrogen) atoms. The molecule has 0 saturated carbocycles. The molecule has 148 valence electrons. The topological polar surface area (TPSA) is 28.5 Å². The summed E-state index contributed by atoms with van der Waals surface area (Å²) in [5.41, 5.74) is 5.12. The van der Waals surface area contributed by atoms with Crippen LogP contribution < -0.4 is 4.90 Å². The lowest BCUT2D eigenvalue weighted by atomic mass is 10.1. The summed E-state index contributed by atoms with van der Waals surface area (Å²) in [5, 5.41) is 2.61. The number of nitrogens with zero attached hydrogens (tertiary/aromatic N) is 3. The molecule has 0 bridgehead atoms. The van der Waals surface area contributed by atoms with Gasteiger partial charge in [-0.15, -0.1) is 0 Å². The molecule has 2 heterocycles. The van der Waals surface area contributed by atoms with Gasteiger partial charge in [-0.1, -0.05) is 66.7 Å². The zero-order valence-corrected chi connectivity index (χ0v) is 17.0. The van der Waals surface area contributed by atoms with Gasteiger partial charge in [0, 0.05) is 36.4 Å². The summed E-state index contributed by atoms with van der Waals surface area (Å²) in [5.74, 6) is 1.10. The van der Waals surface area contributed by atoms with Crippen molar-refractivity contribution in [2.75, 3.05) is 11.4 Å². The minimum Gasteiger partial charge on any atom is -0.321 e. The first-order chi connectivity index (χ1) is 14.9. The van der Waals surface area contributed by atoms with Crippen molar-refractivity contribution in [2.45, 2.75) is 25.8 Å². The number of anilines is 1. The fraction of sp³-hybridized carbons (Fsp3) is 0.185. The van der Waals surface area contributed by atoms with Crippen molar-refractivity contribution >= 4 is 22.3 Å². The van der Waals surface area contributed by atoms with Crippen molar-refractivity contribution in [1.82, 2.24) is 4.98 Å². The Hall–Kier alpha value is -3.46. The van der Waals surface area contributed by atoms with Crippen molar-refractivity contribution in [3.63, 3.8) is 0 Å². The molecule has 0 aliphatic carbocycles. The van der Waals surface area contributed by atoms with Gasteiger partial charge in [0.1, 0.15) is 5.84 Å². The summed E-state index contributed by atoms with van der Waals surface area (Å²) < 4.78 is 0. The van der Waals surface area contributed by atoms with Crippen LogP contribution in [0.4, 0.5) is 5.69 Å². The molecule has 1 aliphatic rings. The van der Waals surface area contributed by atoms with Crippen LogP contribution >= 0.6 is 0 Å². The van der Waals surface area contributed by atoms with Crippen molar-refractivity contribution < 1.29 is 0 Å². The highest BCUT2D eigenvalue weighted by Crippen LogP contribution is 2.38. The number of aromatic nitrogens is 1. The van der Waals surface area contributed by atoms with Crippen molar-refractivity contribution in [3.8, 4) is 0 Å². The number of aryl methyl sites for hydroxylation is 1. The zero-order chi connectivity index (χ0) is 20.2. The summed E-state index contributed by atoms with van der Waals surface area (Å²) in [7, 11) is 0. The van der Waals surface area contributed by atoms with Crippen LogP contribution in [0.25, 0.3) is 10.8 Å². The highest BCUT2D eigenvalue weighted by molar-refractivity contribution is 6.27. The molecule has 3 aromatic carbocycles. The van der Waals surface area contributed by atoms with E-state index in [2.05, 4.69) is 82.7 Å². The highest BCUT2D eigenvalue weighted by Gasteiger charge is 2.27. The number of benzene rings is 3. The molecule has 1 aromatic heterocycles. The lowest BCUT2D eigenvalue weighted by Gasteiger charge is -2.21. The minimum absolute atomic E-state index is 0.836. The molecule has 4 aromatic rings. The number of unbranched alkanes of at least 4 members (excludes halogenated alkanes) is 1. The molecule has 0 saturated heterocycles. The summed E-state index contributed by atoms with van der Waals surface area (Å²) in [6.07, 6.45) is 7.04. The van der Waals surface area contributed by atoms with E-state index in [1.54, 1.807) is 0 Å². The summed E-state index contributed by atoms with van der Waals surface area (Å²) >= 11 is 0. The van der Waals surface area contributed by atoms with E-state index in [1.807, 2.05) is 18.5 Å². The Balaban J connectivity index is 1.38. The Morgan fingerprint density at radius 3 is 2.43 bits per heavy atom. The predicted octanol–water partition coefficient (Wildman–Crippen LogP) is 6.02. The fourth-order valence-electron chi connectivity index (χ4n) is 4.26. The van der Waals surface area contributed by atoms with E-state index in [0.717, 1.165) is 38.2 Å². The largest absolute Gasteiger partial charge is 0.321 e. The van der Waals surface area contributed by atoms with Crippen LogP contribution in [0.1, 0.15) is 29.5 Å². The maximum Gasteiger partial charge on any atom is 0.136 e. The lowest BCUT2D eigenvalue weighted by Crippen LogP contribution is -2.27. The smallest absolute Gasteiger partial charge is 0.136 e. The molecule has 3 nitrogen and oxygen atoms in total. The van der Waals surface area contributed by atoms with Crippen LogP contribution in [-0.4, -0.2) is 17.4 Å². The lowest BCUT2D eigenvalue weighted by molar-refractivity contribution is 0.742. The second-order valence-electron chi connectivity index (χ2n) is 7.78. The third kappa shape index (κ3) is 3.71. The quantitative estimate of drug-likeness (QED) is 0.360. The molecule has 0 amide bonds. The van der Waals surface area contributed by atoms with Crippen LogP contribution in [-0.2, 0) is 13.0 Å². The average molecular weight is 392 g/mol. The Morgan fingerprint density at radius 2 is 1.60 bits per heavy atom. The third-order valence-electron chi connectivity index (χ3n) is 5.71. The van der Waals surface area contributed by atoms with E-state index in [-0.39, 0.29) is 0 Å². The van der Waals surface area contributed by atoms with Crippen LogP contribution in [0.2, 0.25) is 0 Å². The number of amidine groups is 1. The molecular formula is C27H25N3. The van der Waals surface area contributed by atoms with E-state index in [0.29, 0.717) is 0 Å². The SMILES string of the molecule is c1ccc(CN2C(=NCCCCc3cccnc3)c3cccc4cccc2c34)cc1. The number of rotatable bonds is 7. The van der Waals surface area contributed by atoms with Crippen molar-refractivity contribution in [3.05, 3.63) is 108 Å². The molecule has 1 aliphatic heterocycles. The van der Waals surface area contributed by atoms with Crippen molar-refractivity contribution in [1.29, 1.82) is 0 Å². The first-order valence-corrected chi connectivity index (χ1v) is 10.7. The van der Waals surface area contributed by atoms with Gasteiger partial charge in [-0.05, 0) is 47.9 Å². The van der Waals surface area contributed by atoms with E-state index in [1.165, 1.54) is 33.2 Å². The summed E-state index contributed by atoms with van der Waals surface area (Å²) in [4.78, 5) is 11.7. The van der Waals surface area contributed by atoms with Crippen LogP contribution in [0.5, 0.6) is 0 Å². The Labute approximate surface area is 177 Å². The zero-order valence-electron chi connectivity index (χ0n) is 17.0. The van der Waals surface area contributed by atoms with Gasteiger partial charge in [0.2, 0.25) is 0 Å². The Bertz CT molecular complexity index is 1160. The van der Waals surface area contributed by atoms with Gasteiger partial charge in [0.15, 0.2) is 0 Å². The van der Waals surface area contributed by atoms with Gasteiger partial charge in [-0.3, -0.25) is 9.98 Å². The molecule has 0 unspecified atom stereocenters. The van der Waals surface area contributed by atoms with Crippen LogP contribution in [0.15, 0.2) is 96.2 Å². The highest BCUT2D eigenvalue weighted by atomic mass is 15.2. The first kappa shape index (κ1) is 18.6. The summed E-state index contributed by atoms with van der Waals surface area (Å²) in [6.45, 7) is 1.68. The Kier molecular flexibility index (Phi) is 5.26. The molecular weight excluding hydrogens is 366 g/mol. The van der Waals surface area contributed by atoms with Gasteiger partial charge in [-0.2, -0.15) is 0 Å². The standard InChI is InChI=1S/C27H25N3/c1-2-10-22(11-3-1)20-30-25-16-7-14-23-13-6-15-24(26(23)25)27(30)29-18-5-4-9-21-12-8-17-28-19-21/h1-3,6-8,10-17,19H,4-5,9,18,20H2. The van der Waals surface area contributed by atoms with Gasteiger partial charge >= 0.3 is 0 Å². The van der Waals surface area contributed by atoms with E-state index in [4.69, 9.17) is 4.99 Å².